The standard InChI is InChI=1S/C27H24N2O2S/c1-17-11-13-19(14-12-17)25(30)24-23(18-7-3-2-4-8-18)22-15-32-16-29(22)27(24)20-9-5-6-10-21(20)28-26(27)31/h2-14,22-24H,15-16H2,1H3,(H,28,31)/t22-,23-,24-,27-/m1/s1. The third kappa shape index (κ3) is 2.61. The highest BCUT2D eigenvalue weighted by Crippen LogP contribution is 2.61. The average molecular weight is 441 g/mol. The molecule has 4 nitrogen and oxygen atoms in total. The molecule has 3 aromatic rings. The zero-order chi connectivity index (χ0) is 21.9. The Morgan fingerprint density at radius 1 is 1.00 bits per heavy atom. The summed E-state index contributed by atoms with van der Waals surface area (Å²) in [5.74, 6) is 1.07. The molecular formula is C27H24N2O2S. The fraction of sp³-hybridized carbons (Fsp3) is 0.259. The summed E-state index contributed by atoms with van der Waals surface area (Å²) in [7, 11) is 0. The molecule has 1 spiro atoms. The van der Waals surface area contributed by atoms with Crippen LogP contribution in [0.2, 0.25) is 0 Å². The number of para-hydroxylation sites is 1. The number of amides is 1. The number of nitrogens with one attached hydrogen (secondary N) is 1. The number of fused-ring (bicyclic) bond motifs is 4. The minimum absolute atomic E-state index is 0.0464. The molecule has 6 rings (SSSR count). The number of hydrogen-bond donors (Lipinski definition) is 1. The van der Waals surface area contributed by atoms with Crippen molar-refractivity contribution in [1.29, 1.82) is 0 Å². The van der Waals surface area contributed by atoms with Crippen molar-refractivity contribution in [3.63, 3.8) is 0 Å². The van der Waals surface area contributed by atoms with Crippen LogP contribution in [0, 0.1) is 12.8 Å². The lowest BCUT2D eigenvalue weighted by Gasteiger charge is -2.36. The molecule has 32 heavy (non-hydrogen) atoms. The van der Waals surface area contributed by atoms with Gasteiger partial charge in [-0.2, -0.15) is 0 Å². The number of rotatable bonds is 3. The van der Waals surface area contributed by atoms with E-state index in [-0.39, 0.29) is 23.7 Å². The first-order chi connectivity index (χ1) is 15.6. The summed E-state index contributed by atoms with van der Waals surface area (Å²) in [6.45, 7) is 2.02. The van der Waals surface area contributed by atoms with Gasteiger partial charge in [-0.25, -0.2) is 0 Å². The fourth-order valence-electron chi connectivity index (χ4n) is 5.98. The second-order valence-electron chi connectivity index (χ2n) is 8.95. The number of thioether (sulfide) groups is 1. The van der Waals surface area contributed by atoms with Crippen LogP contribution >= 0.6 is 11.8 Å². The van der Waals surface area contributed by atoms with E-state index in [2.05, 4.69) is 22.3 Å². The predicted octanol–water partition coefficient (Wildman–Crippen LogP) is 4.81. The van der Waals surface area contributed by atoms with Crippen molar-refractivity contribution in [2.24, 2.45) is 5.92 Å². The number of Topliss-reactive ketones (excluding diaryl/α,β-unsaturated/α-hetero) is 1. The van der Waals surface area contributed by atoms with Crippen molar-refractivity contribution in [2.45, 2.75) is 24.4 Å². The number of ketones is 1. The Balaban J connectivity index is 1.61. The number of benzene rings is 3. The van der Waals surface area contributed by atoms with E-state index < -0.39 is 11.5 Å². The Morgan fingerprint density at radius 2 is 1.72 bits per heavy atom. The lowest BCUT2D eigenvalue weighted by Crippen LogP contribution is -2.52. The van der Waals surface area contributed by atoms with Crippen molar-refractivity contribution in [2.75, 3.05) is 16.9 Å². The van der Waals surface area contributed by atoms with Crippen molar-refractivity contribution >= 4 is 29.1 Å². The normalized spacial score (nSPS) is 28.5. The summed E-state index contributed by atoms with van der Waals surface area (Å²) in [4.78, 5) is 30.4. The Labute approximate surface area is 192 Å². The van der Waals surface area contributed by atoms with Gasteiger partial charge in [-0.15, -0.1) is 11.8 Å². The smallest absolute Gasteiger partial charge is 0.250 e. The van der Waals surface area contributed by atoms with Crippen molar-refractivity contribution < 1.29 is 9.59 Å². The molecule has 2 saturated heterocycles. The third-order valence-corrected chi connectivity index (χ3v) is 8.37. The van der Waals surface area contributed by atoms with Gasteiger partial charge in [0.05, 0.1) is 5.92 Å². The summed E-state index contributed by atoms with van der Waals surface area (Å²) in [5, 5.41) is 3.12. The van der Waals surface area contributed by atoms with Crippen LogP contribution in [-0.4, -0.2) is 34.3 Å². The van der Waals surface area contributed by atoms with Gasteiger partial charge in [-0.1, -0.05) is 78.4 Å². The van der Waals surface area contributed by atoms with Crippen LogP contribution < -0.4 is 5.32 Å². The summed E-state index contributed by atoms with van der Waals surface area (Å²) < 4.78 is 0. The molecular weight excluding hydrogens is 416 g/mol. The largest absolute Gasteiger partial charge is 0.324 e. The molecule has 3 aromatic carbocycles. The SMILES string of the molecule is Cc1ccc(C(=O)[C@H]2[C@H](c3ccccc3)[C@H]3CSCN3[C@@]23C(=O)Nc2ccccc23)cc1. The van der Waals surface area contributed by atoms with Gasteiger partial charge in [0, 0.05) is 40.4 Å². The van der Waals surface area contributed by atoms with E-state index in [1.54, 1.807) is 0 Å². The maximum Gasteiger partial charge on any atom is 0.250 e. The van der Waals surface area contributed by atoms with E-state index in [1.807, 2.05) is 85.4 Å². The zero-order valence-electron chi connectivity index (χ0n) is 17.8. The molecule has 3 heterocycles. The molecule has 0 radical (unpaired) electrons. The number of anilines is 1. The minimum atomic E-state index is -0.993. The maximum absolute atomic E-state index is 14.3. The van der Waals surface area contributed by atoms with E-state index in [1.165, 1.54) is 0 Å². The maximum atomic E-state index is 14.3. The van der Waals surface area contributed by atoms with Crippen LogP contribution in [0.15, 0.2) is 78.9 Å². The molecule has 160 valence electrons. The topological polar surface area (TPSA) is 49.4 Å². The number of hydrogen-bond acceptors (Lipinski definition) is 4. The first-order valence-electron chi connectivity index (χ1n) is 11.0. The lowest BCUT2D eigenvalue weighted by molar-refractivity contribution is -0.127. The van der Waals surface area contributed by atoms with Gasteiger partial charge in [0.25, 0.3) is 0 Å². The van der Waals surface area contributed by atoms with E-state index in [4.69, 9.17) is 0 Å². The van der Waals surface area contributed by atoms with Crippen LogP contribution in [-0.2, 0) is 10.3 Å². The first kappa shape index (κ1) is 19.8. The van der Waals surface area contributed by atoms with Crippen molar-refractivity contribution in [1.82, 2.24) is 4.90 Å². The number of aryl methyl sites for hydroxylation is 1. The second kappa shape index (κ2) is 7.32. The molecule has 1 amide bonds. The monoisotopic (exact) mass is 440 g/mol. The molecule has 0 saturated carbocycles. The molecule has 2 fully saturated rings. The van der Waals surface area contributed by atoms with Gasteiger partial charge in [0.2, 0.25) is 5.91 Å². The highest BCUT2D eigenvalue weighted by Gasteiger charge is 2.69. The quantitative estimate of drug-likeness (QED) is 0.594. The van der Waals surface area contributed by atoms with E-state index in [0.29, 0.717) is 5.56 Å². The van der Waals surface area contributed by atoms with Gasteiger partial charge in [0.15, 0.2) is 5.78 Å². The Bertz CT molecular complexity index is 1210. The van der Waals surface area contributed by atoms with Crippen LogP contribution in [0.3, 0.4) is 0 Å². The van der Waals surface area contributed by atoms with Gasteiger partial charge >= 0.3 is 0 Å². The summed E-state index contributed by atoms with van der Waals surface area (Å²) >= 11 is 1.85. The molecule has 4 atom stereocenters. The average Bonchev–Trinajstić information content (AvgIpc) is 3.48. The summed E-state index contributed by atoms with van der Waals surface area (Å²) in [6.07, 6.45) is 0. The van der Waals surface area contributed by atoms with Crippen LogP contribution in [0.4, 0.5) is 5.69 Å². The summed E-state index contributed by atoms with van der Waals surface area (Å²) in [6, 6.07) is 26.1. The molecule has 3 aliphatic rings. The van der Waals surface area contributed by atoms with Gasteiger partial charge < -0.3 is 5.32 Å². The van der Waals surface area contributed by atoms with Gasteiger partial charge in [-0.3, -0.25) is 14.5 Å². The van der Waals surface area contributed by atoms with E-state index in [9.17, 15) is 9.59 Å². The highest BCUT2D eigenvalue weighted by atomic mass is 32.2. The molecule has 1 N–H and O–H groups in total. The van der Waals surface area contributed by atoms with Crippen molar-refractivity contribution in [3.8, 4) is 0 Å². The van der Waals surface area contributed by atoms with Gasteiger partial charge in [-0.05, 0) is 18.6 Å². The number of nitrogens with zero attached hydrogens (tertiary/aromatic N) is 1. The highest BCUT2D eigenvalue weighted by molar-refractivity contribution is 7.99. The molecule has 5 heteroatoms. The second-order valence-corrected chi connectivity index (χ2v) is 9.95. The van der Waals surface area contributed by atoms with Crippen LogP contribution in [0.1, 0.15) is 33.0 Å². The molecule has 0 aliphatic carbocycles. The molecule has 0 unspecified atom stereocenters. The zero-order valence-corrected chi connectivity index (χ0v) is 18.6. The molecule has 3 aliphatic heterocycles. The Kier molecular flexibility index (Phi) is 4.52. The number of carbonyl (C=O) groups is 2. The van der Waals surface area contributed by atoms with Crippen molar-refractivity contribution in [3.05, 3.63) is 101 Å². The molecule has 0 bridgehead atoms. The van der Waals surface area contributed by atoms with Crippen LogP contribution in [0.5, 0.6) is 0 Å². The summed E-state index contributed by atoms with van der Waals surface area (Å²) in [5.41, 5.74) is 3.68. The molecule has 0 aromatic heterocycles. The Hall–Kier alpha value is -2.89. The lowest BCUT2D eigenvalue weighted by atomic mass is 9.69. The van der Waals surface area contributed by atoms with Gasteiger partial charge in [0.1, 0.15) is 5.54 Å². The minimum Gasteiger partial charge on any atom is -0.324 e. The van der Waals surface area contributed by atoms with E-state index >= 15 is 0 Å². The fourth-order valence-corrected chi connectivity index (χ4v) is 7.30. The third-order valence-electron chi connectivity index (χ3n) is 7.33. The predicted molar refractivity (Wildman–Crippen MR) is 128 cm³/mol. The van der Waals surface area contributed by atoms with Crippen LogP contribution in [0.25, 0.3) is 0 Å². The van der Waals surface area contributed by atoms with E-state index in [0.717, 1.165) is 34.0 Å². The number of carbonyl (C=O) groups excluding carboxylic acids is 2. The Morgan fingerprint density at radius 3 is 2.50 bits per heavy atom. The first-order valence-corrected chi connectivity index (χ1v) is 12.2.